The summed E-state index contributed by atoms with van der Waals surface area (Å²) in [6, 6.07) is 25.3. The zero-order valence-corrected chi connectivity index (χ0v) is 22.9. The summed E-state index contributed by atoms with van der Waals surface area (Å²) in [6.45, 7) is 0.0713. The summed E-state index contributed by atoms with van der Waals surface area (Å²) in [6.07, 6.45) is 3.79. The van der Waals surface area contributed by atoms with E-state index < -0.39 is 23.4 Å². The number of ketones is 2. The fourth-order valence-corrected chi connectivity index (χ4v) is 7.31. The molecule has 1 spiro atoms. The van der Waals surface area contributed by atoms with Gasteiger partial charge in [0.1, 0.15) is 11.5 Å². The molecule has 1 N–H and O–H groups in total. The fourth-order valence-electron chi connectivity index (χ4n) is 7.18. The fraction of sp³-hybridized carbons (Fsp3) is 0.147. The summed E-state index contributed by atoms with van der Waals surface area (Å²) in [5.74, 6) is -0.953. The number of amides is 1. The number of anilines is 1. The van der Waals surface area contributed by atoms with Crippen LogP contribution < -0.4 is 14.8 Å². The van der Waals surface area contributed by atoms with Crippen LogP contribution in [-0.4, -0.2) is 35.2 Å². The lowest BCUT2D eigenvalue weighted by atomic mass is 9.62. The SMILES string of the molecule is O=C(c1ccc2c(c1)OCO2)[C@@H]1[C@H](C(=O)c2ccc(Cl)cc2)[C@]2(C(=O)Nc3ccccc32)[C@H]2c3ccccc3C=CN12. The number of hydrogen-bond donors (Lipinski definition) is 1. The van der Waals surface area contributed by atoms with Crippen LogP contribution in [0.1, 0.15) is 43.4 Å². The highest BCUT2D eigenvalue weighted by Gasteiger charge is 2.70. The van der Waals surface area contributed by atoms with Gasteiger partial charge in [-0.25, -0.2) is 0 Å². The Kier molecular flexibility index (Phi) is 5.37. The highest BCUT2D eigenvalue weighted by atomic mass is 35.5. The molecule has 1 amide bonds. The van der Waals surface area contributed by atoms with Crippen LogP contribution in [0.3, 0.4) is 0 Å². The Hall–Kier alpha value is -4.88. The molecule has 42 heavy (non-hydrogen) atoms. The molecule has 0 bridgehead atoms. The maximum absolute atomic E-state index is 14.8. The topological polar surface area (TPSA) is 84.9 Å². The number of rotatable bonds is 4. The summed E-state index contributed by atoms with van der Waals surface area (Å²) in [7, 11) is 0. The molecular weight excluding hydrogens is 552 g/mol. The molecule has 4 aliphatic rings. The van der Waals surface area contributed by atoms with Gasteiger partial charge >= 0.3 is 0 Å². The van der Waals surface area contributed by atoms with E-state index in [1.54, 1.807) is 42.5 Å². The second-order valence-corrected chi connectivity index (χ2v) is 11.3. The molecule has 4 heterocycles. The van der Waals surface area contributed by atoms with Crippen molar-refractivity contribution in [1.29, 1.82) is 0 Å². The minimum atomic E-state index is -1.40. The summed E-state index contributed by atoms with van der Waals surface area (Å²) >= 11 is 6.18. The number of benzene rings is 4. The standard InChI is InChI=1S/C34H23ClN2O5/c35-22-12-9-20(10-13-22)30(38)28-29(31(39)21-11-14-26-27(17-21)42-18-41-26)37-16-15-19-5-1-2-6-23(19)32(37)34(28)24-7-3-4-8-25(24)36-33(34)40/h1-17,28-29,32H,18H2,(H,36,40)/t28-,29+,32-,34+/m1/s1. The van der Waals surface area contributed by atoms with Crippen molar-refractivity contribution in [2.75, 3.05) is 12.1 Å². The van der Waals surface area contributed by atoms with Crippen LogP contribution >= 0.6 is 11.6 Å². The van der Waals surface area contributed by atoms with E-state index in [0.29, 0.717) is 38.9 Å². The predicted octanol–water partition coefficient (Wildman–Crippen LogP) is 6.05. The number of hydrogen-bond acceptors (Lipinski definition) is 6. The van der Waals surface area contributed by atoms with E-state index in [4.69, 9.17) is 21.1 Å². The maximum atomic E-state index is 14.8. The van der Waals surface area contributed by atoms with Crippen LogP contribution in [0.25, 0.3) is 6.08 Å². The largest absolute Gasteiger partial charge is 0.454 e. The minimum absolute atomic E-state index is 0.0713. The first kappa shape index (κ1) is 24.9. The van der Waals surface area contributed by atoms with Crippen LogP contribution in [0.4, 0.5) is 5.69 Å². The summed E-state index contributed by atoms with van der Waals surface area (Å²) in [5.41, 5.74) is 2.49. The zero-order chi connectivity index (χ0) is 28.6. The number of para-hydroxylation sites is 1. The molecule has 0 aliphatic carbocycles. The lowest BCUT2D eigenvalue weighted by Gasteiger charge is -2.38. The number of Topliss-reactive ketones (excluding diaryl/α,β-unsaturated/α-hetero) is 2. The molecule has 4 aromatic rings. The number of carbonyl (C=O) groups excluding carboxylic acids is 3. The van der Waals surface area contributed by atoms with Gasteiger partial charge in [0.25, 0.3) is 0 Å². The maximum Gasteiger partial charge on any atom is 0.238 e. The van der Waals surface area contributed by atoms with Crippen molar-refractivity contribution in [2.24, 2.45) is 5.92 Å². The van der Waals surface area contributed by atoms with E-state index in [2.05, 4.69) is 5.32 Å². The van der Waals surface area contributed by atoms with Crippen molar-refractivity contribution < 1.29 is 23.9 Å². The van der Waals surface area contributed by atoms with Crippen LogP contribution in [0.2, 0.25) is 5.02 Å². The Bertz CT molecular complexity index is 1850. The van der Waals surface area contributed by atoms with Crippen LogP contribution in [0.15, 0.2) is 97.2 Å². The van der Waals surface area contributed by atoms with E-state index in [0.717, 1.165) is 11.1 Å². The number of nitrogens with one attached hydrogen (secondary N) is 1. The minimum Gasteiger partial charge on any atom is -0.454 e. The van der Waals surface area contributed by atoms with Gasteiger partial charge in [0, 0.05) is 28.0 Å². The summed E-state index contributed by atoms with van der Waals surface area (Å²) in [4.78, 5) is 45.9. The van der Waals surface area contributed by atoms with E-state index in [1.807, 2.05) is 65.7 Å². The second-order valence-electron chi connectivity index (χ2n) is 10.9. The first-order valence-corrected chi connectivity index (χ1v) is 14.1. The zero-order valence-electron chi connectivity index (χ0n) is 22.1. The van der Waals surface area contributed by atoms with E-state index in [-0.39, 0.29) is 24.3 Å². The van der Waals surface area contributed by atoms with Gasteiger partial charge < -0.3 is 19.7 Å². The quantitative estimate of drug-likeness (QED) is 0.299. The summed E-state index contributed by atoms with van der Waals surface area (Å²) in [5, 5.41) is 3.55. The Labute approximate surface area is 246 Å². The van der Waals surface area contributed by atoms with Gasteiger partial charge in [0.15, 0.2) is 23.1 Å². The predicted molar refractivity (Wildman–Crippen MR) is 157 cm³/mol. The lowest BCUT2D eigenvalue weighted by molar-refractivity contribution is -0.122. The van der Waals surface area contributed by atoms with Gasteiger partial charge in [-0.1, -0.05) is 54.1 Å². The van der Waals surface area contributed by atoms with Crippen molar-refractivity contribution in [1.82, 2.24) is 4.90 Å². The average molecular weight is 575 g/mol. The molecule has 8 rings (SSSR count). The normalized spacial score (nSPS) is 24.3. The van der Waals surface area contributed by atoms with Gasteiger partial charge in [-0.3, -0.25) is 14.4 Å². The molecular formula is C34H23ClN2O5. The van der Waals surface area contributed by atoms with Crippen molar-refractivity contribution in [2.45, 2.75) is 17.5 Å². The molecule has 0 aromatic heterocycles. The molecule has 4 atom stereocenters. The second kappa shape index (κ2) is 9.06. The molecule has 4 aromatic carbocycles. The molecule has 0 saturated carbocycles. The Morgan fingerprint density at radius 2 is 1.60 bits per heavy atom. The number of halogens is 1. The van der Waals surface area contributed by atoms with E-state index in [1.165, 1.54) is 0 Å². The van der Waals surface area contributed by atoms with Crippen LogP contribution in [0.5, 0.6) is 11.5 Å². The third kappa shape index (κ3) is 3.31. The van der Waals surface area contributed by atoms with Gasteiger partial charge in [0.05, 0.1) is 12.0 Å². The Morgan fingerprint density at radius 1 is 0.857 bits per heavy atom. The number of ether oxygens (including phenoxy) is 2. The molecule has 1 fully saturated rings. The molecule has 7 nitrogen and oxygen atoms in total. The highest BCUT2D eigenvalue weighted by Crippen LogP contribution is 2.62. The Morgan fingerprint density at radius 3 is 2.45 bits per heavy atom. The summed E-state index contributed by atoms with van der Waals surface area (Å²) < 4.78 is 11.0. The van der Waals surface area contributed by atoms with Crippen LogP contribution in [-0.2, 0) is 10.2 Å². The monoisotopic (exact) mass is 574 g/mol. The van der Waals surface area contributed by atoms with Gasteiger partial charge in [0.2, 0.25) is 12.7 Å². The molecule has 4 aliphatic heterocycles. The van der Waals surface area contributed by atoms with Crippen molar-refractivity contribution in [3.63, 3.8) is 0 Å². The average Bonchev–Trinajstić information content (AvgIpc) is 3.70. The number of nitrogens with zero attached hydrogens (tertiary/aromatic N) is 1. The molecule has 0 unspecified atom stereocenters. The third-order valence-electron chi connectivity index (χ3n) is 8.91. The Balaban J connectivity index is 1.40. The van der Waals surface area contributed by atoms with Crippen molar-refractivity contribution in [3.8, 4) is 11.5 Å². The number of carbonyl (C=O) groups is 3. The van der Waals surface area contributed by atoms with E-state index >= 15 is 0 Å². The molecule has 0 radical (unpaired) electrons. The highest BCUT2D eigenvalue weighted by molar-refractivity contribution is 6.30. The first-order chi connectivity index (χ1) is 20.5. The van der Waals surface area contributed by atoms with Gasteiger partial charge in [-0.15, -0.1) is 0 Å². The number of fused-ring (bicyclic) bond motifs is 7. The van der Waals surface area contributed by atoms with Crippen molar-refractivity contribution in [3.05, 3.63) is 130 Å². The molecule has 206 valence electrons. The molecule has 8 heteroatoms. The van der Waals surface area contributed by atoms with Gasteiger partial charge in [-0.2, -0.15) is 0 Å². The smallest absolute Gasteiger partial charge is 0.238 e. The third-order valence-corrected chi connectivity index (χ3v) is 9.16. The first-order valence-electron chi connectivity index (χ1n) is 13.7. The van der Waals surface area contributed by atoms with Crippen molar-refractivity contribution >= 4 is 40.8 Å². The molecule has 1 saturated heterocycles. The lowest BCUT2D eigenvalue weighted by Crippen LogP contribution is -2.49. The van der Waals surface area contributed by atoms with E-state index in [9.17, 15) is 14.4 Å². The van der Waals surface area contributed by atoms with Crippen LogP contribution in [0, 0.1) is 5.92 Å². The van der Waals surface area contributed by atoms with Gasteiger partial charge in [-0.05, 0) is 71.3 Å².